The number of nitrogens with two attached hydrogens (primary N) is 1. The Morgan fingerprint density at radius 3 is 2.42 bits per heavy atom. The zero-order valence-electron chi connectivity index (χ0n) is 6.32. The fraction of sp³-hybridized carbons (Fsp3) is 0.429. The second kappa shape index (κ2) is 4.06. The molecule has 0 aliphatic carbocycles. The zero-order chi connectivity index (χ0) is 8.97. The number of hydrogen-bond acceptors (Lipinski definition) is 3. The first-order valence-electron chi connectivity index (χ1n) is 3.50. The van der Waals surface area contributed by atoms with Crippen LogP contribution in [0.4, 0.5) is 8.78 Å². The highest BCUT2D eigenvalue weighted by Crippen LogP contribution is 2.02. The van der Waals surface area contributed by atoms with Crippen molar-refractivity contribution in [3.63, 3.8) is 0 Å². The Labute approximate surface area is 68.6 Å². The molecule has 5 heteroatoms. The first-order valence-corrected chi connectivity index (χ1v) is 3.50. The standard InChI is InChI=1S/C7H9F2N3/c8-7(9)5(10)4-6-11-2-1-3-12-6/h1-3,5,7H,4,10H2. The van der Waals surface area contributed by atoms with Gasteiger partial charge in [0.05, 0.1) is 6.04 Å². The van der Waals surface area contributed by atoms with Gasteiger partial charge in [-0.25, -0.2) is 18.7 Å². The van der Waals surface area contributed by atoms with Gasteiger partial charge < -0.3 is 5.73 Å². The summed E-state index contributed by atoms with van der Waals surface area (Å²) in [6, 6.07) is 0.449. The summed E-state index contributed by atoms with van der Waals surface area (Å²) in [6.07, 6.45) is 0.494. The van der Waals surface area contributed by atoms with Gasteiger partial charge in [-0.05, 0) is 6.07 Å². The van der Waals surface area contributed by atoms with Crippen LogP contribution in [0.1, 0.15) is 5.82 Å². The Kier molecular flexibility index (Phi) is 3.04. The Morgan fingerprint density at radius 1 is 1.33 bits per heavy atom. The highest BCUT2D eigenvalue weighted by Gasteiger charge is 2.16. The molecule has 0 radical (unpaired) electrons. The van der Waals surface area contributed by atoms with Crippen LogP contribution in [0, 0.1) is 0 Å². The summed E-state index contributed by atoms with van der Waals surface area (Å²) in [7, 11) is 0. The number of hydrogen-bond donors (Lipinski definition) is 1. The summed E-state index contributed by atoms with van der Waals surface area (Å²) >= 11 is 0. The first-order chi connectivity index (χ1) is 5.70. The molecule has 0 aliphatic rings. The van der Waals surface area contributed by atoms with Gasteiger partial charge >= 0.3 is 0 Å². The third kappa shape index (κ3) is 2.50. The van der Waals surface area contributed by atoms with E-state index in [-0.39, 0.29) is 6.42 Å². The van der Waals surface area contributed by atoms with Crippen LogP contribution in [-0.4, -0.2) is 22.4 Å². The second-order valence-electron chi connectivity index (χ2n) is 2.37. The molecule has 1 heterocycles. The maximum absolute atomic E-state index is 11.9. The van der Waals surface area contributed by atoms with E-state index in [1.807, 2.05) is 0 Å². The lowest BCUT2D eigenvalue weighted by atomic mass is 10.2. The highest BCUT2D eigenvalue weighted by molar-refractivity contribution is 4.91. The number of halogens is 2. The van der Waals surface area contributed by atoms with Crippen LogP contribution in [0.5, 0.6) is 0 Å². The van der Waals surface area contributed by atoms with E-state index in [9.17, 15) is 8.78 Å². The van der Waals surface area contributed by atoms with Gasteiger partial charge in [0, 0.05) is 18.8 Å². The Balaban J connectivity index is 2.53. The second-order valence-corrected chi connectivity index (χ2v) is 2.37. The van der Waals surface area contributed by atoms with Crippen LogP contribution in [-0.2, 0) is 6.42 Å². The average molecular weight is 173 g/mol. The minimum atomic E-state index is -2.52. The van der Waals surface area contributed by atoms with E-state index in [0.29, 0.717) is 5.82 Å². The Hall–Kier alpha value is -1.10. The molecule has 0 bridgehead atoms. The predicted molar refractivity (Wildman–Crippen MR) is 39.7 cm³/mol. The number of rotatable bonds is 3. The molecule has 1 atom stereocenters. The summed E-state index contributed by atoms with van der Waals surface area (Å²) in [5.74, 6) is 0.352. The molecule has 1 unspecified atom stereocenters. The van der Waals surface area contributed by atoms with E-state index < -0.39 is 12.5 Å². The monoisotopic (exact) mass is 173 g/mol. The molecule has 3 nitrogen and oxygen atoms in total. The zero-order valence-corrected chi connectivity index (χ0v) is 6.32. The molecule has 0 amide bonds. The minimum absolute atomic E-state index is 0.0124. The molecule has 0 saturated carbocycles. The summed E-state index contributed by atoms with van der Waals surface area (Å²) in [6.45, 7) is 0. The Bertz CT molecular complexity index is 227. The van der Waals surface area contributed by atoms with E-state index in [0.717, 1.165) is 0 Å². The molecule has 1 aromatic heterocycles. The van der Waals surface area contributed by atoms with Gasteiger partial charge in [0.25, 0.3) is 6.43 Å². The van der Waals surface area contributed by atoms with E-state index in [4.69, 9.17) is 5.73 Å². The lowest BCUT2D eigenvalue weighted by molar-refractivity contribution is 0.115. The number of alkyl halides is 2. The van der Waals surface area contributed by atoms with Crippen LogP contribution in [0.3, 0.4) is 0 Å². The third-order valence-electron chi connectivity index (χ3n) is 1.36. The number of nitrogens with zero attached hydrogens (tertiary/aromatic N) is 2. The third-order valence-corrected chi connectivity index (χ3v) is 1.36. The van der Waals surface area contributed by atoms with Crippen molar-refractivity contribution in [3.8, 4) is 0 Å². The van der Waals surface area contributed by atoms with Gasteiger partial charge in [-0.3, -0.25) is 0 Å². The maximum Gasteiger partial charge on any atom is 0.253 e. The number of aromatic nitrogens is 2. The van der Waals surface area contributed by atoms with Gasteiger partial charge in [0.2, 0.25) is 0 Å². The average Bonchev–Trinajstić information content (AvgIpc) is 2.06. The van der Waals surface area contributed by atoms with Crippen molar-refractivity contribution in [3.05, 3.63) is 24.3 Å². The van der Waals surface area contributed by atoms with Crippen molar-refractivity contribution < 1.29 is 8.78 Å². The van der Waals surface area contributed by atoms with E-state index in [1.54, 1.807) is 6.07 Å². The topological polar surface area (TPSA) is 51.8 Å². The molecule has 0 fully saturated rings. The summed E-state index contributed by atoms with van der Waals surface area (Å²) < 4.78 is 23.9. The highest BCUT2D eigenvalue weighted by atomic mass is 19.3. The van der Waals surface area contributed by atoms with Gasteiger partial charge in [0.15, 0.2) is 0 Å². The van der Waals surface area contributed by atoms with Crippen molar-refractivity contribution >= 4 is 0 Å². The van der Waals surface area contributed by atoms with Crippen LogP contribution in [0.25, 0.3) is 0 Å². The lowest BCUT2D eigenvalue weighted by Crippen LogP contribution is -2.31. The van der Waals surface area contributed by atoms with Crippen LogP contribution >= 0.6 is 0 Å². The molecule has 66 valence electrons. The molecule has 12 heavy (non-hydrogen) atoms. The quantitative estimate of drug-likeness (QED) is 0.728. The van der Waals surface area contributed by atoms with E-state index >= 15 is 0 Å². The van der Waals surface area contributed by atoms with Gasteiger partial charge in [-0.15, -0.1) is 0 Å². The van der Waals surface area contributed by atoms with Crippen molar-refractivity contribution in [2.45, 2.75) is 18.9 Å². The smallest absolute Gasteiger partial charge is 0.253 e. The van der Waals surface area contributed by atoms with Crippen LogP contribution in [0.2, 0.25) is 0 Å². The SMILES string of the molecule is NC(Cc1ncccn1)C(F)F. The fourth-order valence-electron chi connectivity index (χ4n) is 0.735. The molecule has 1 aromatic rings. The van der Waals surface area contributed by atoms with Crippen LogP contribution in [0.15, 0.2) is 18.5 Å². The van der Waals surface area contributed by atoms with Crippen molar-refractivity contribution in [1.29, 1.82) is 0 Å². The van der Waals surface area contributed by atoms with E-state index in [2.05, 4.69) is 9.97 Å². The van der Waals surface area contributed by atoms with Gasteiger partial charge in [-0.1, -0.05) is 0 Å². The Morgan fingerprint density at radius 2 is 1.92 bits per heavy atom. The molecule has 0 spiro atoms. The summed E-state index contributed by atoms with van der Waals surface area (Å²) in [4.78, 5) is 7.55. The first kappa shape index (κ1) is 8.99. The largest absolute Gasteiger partial charge is 0.323 e. The van der Waals surface area contributed by atoms with Gasteiger partial charge in [0.1, 0.15) is 5.82 Å². The van der Waals surface area contributed by atoms with Gasteiger partial charge in [-0.2, -0.15) is 0 Å². The van der Waals surface area contributed by atoms with Crippen molar-refractivity contribution in [1.82, 2.24) is 9.97 Å². The predicted octanol–water partition coefficient (Wildman–Crippen LogP) is 0.611. The molecule has 2 N–H and O–H groups in total. The molecule has 1 rings (SSSR count). The molecule has 0 aliphatic heterocycles. The van der Waals surface area contributed by atoms with Crippen LogP contribution < -0.4 is 5.73 Å². The van der Waals surface area contributed by atoms with E-state index in [1.165, 1.54) is 12.4 Å². The lowest BCUT2D eigenvalue weighted by Gasteiger charge is -2.07. The fourth-order valence-corrected chi connectivity index (χ4v) is 0.735. The summed E-state index contributed by atoms with van der Waals surface area (Å²) in [5, 5.41) is 0. The van der Waals surface area contributed by atoms with Crippen molar-refractivity contribution in [2.24, 2.45) is 5.73 Å². The molecule has 0 aromatic carbocycles. The summed E-state index contributed by atoms with van der Waals surface area (Å²) in [5.41, 5.74) is 5.12. The normalized spacial score (nSPS) is 13.3. The van der Waals surface area contributed by atoms with Crippen molar-refractivity contribution in [2.75, 3.05) is 0 Å². The minimum Gasteiger partial charge on any atom is -0.323 e. The maximum atomic E-state index is 11.9. The molecular weight excluding hydrogens is 164 g/mol. The molecular formula is C7H9F2N3. The molecule has 0 saturated heterocycles.